The largest absolute Gasteiger partial charge is 0.496 e. The molecule has 0 bridgehead atoms. The fourth-order valence-electron chi connectivity index (χ4n) is 5.34. The second-order valence-corrected chi connectivity index (χ2v) is 12.0. The molecule has 11 heteroatoms. The van der Waals surface area contributed by atoms with Gasteiger partial charge in [0, 0.05) is 43.7 Å². The Balaban J connectivity index is 1.21. The summed E-state index contributed by atoms with van der Waals surface area (Å²) in [5.74, 6) is 2.18. The van der Waals surface area contributed by atoms with E-state index in [2.05, 4.69) is 10.6 Å². The Kier molecular flexibility index (Phi) is 12.0. The van der Waals surface area contributed by atoms with Crippen LogP contribution in [-0.4, -0.2) is 78.1 Å². The van der Waals surface area contributed by atoms with Crippen LogP contribution >= 0.6 is 11.8 Å². The van der Waals surface area contributed by atoms with Crippen molar-refractivity contribution in [2.75, 3.05) is 65.2 Å². The predicted octanol–water partition coefficient (Wildman–Crippen LogP) is 4.36. The van der Waals surface area contributed by atoms with Crippen LogP contribution in [-0.2, 0) is 25.7 Å². The molecule has 0 saturated carbocycles. The Morgan fingerprint density at radius 2 is 1.84 bits per heavy atom. The molecule has 2 heterocycles. The number of hydrogen-bond donors (Lipinski definition) is 2. The lowest BCUT2D eigenvalue weighted by atomic mass is 10.0. The van der Waals surface area contributed by atoms with Gasteiger partial charge in [-0.25, -0.2) is 0 Å². The van der Waals surface area contributed by atoms with E-state index in [4.69, 9.17) is 23.7 Å². The van der Waals surface area contributed by atoms with Crippen molar-refractivity contribution >= 4 is 29.3 Å². The van der Waals surface area contributed by atoms with Crippen molar-refractivity contribution in [3.63, 3.8) is 0 Å². The van der Waals surface area contributed by atoms with Crippen molar-refractivity contribution in [3.8, 4) is 17.2 Å². The van der Waals surface area contributed by atoms with Crippen molar-refractivity contribution in [2.24, 2.45) is 0 Å². The molecule has 240 valence electrons. The van der Waals surface area contributed by atoms with Crippen LogP contribution in [0.15, 0.2) is 71.6 Å². The molecule has 2 aliphatic heterocycles. The smallest absolute Gasteiger partial charge is 0.265 e. The first kappa shape index (κ1) is 32.6. The number of benzene rings is 3. The van der Waals surface area contributed by atoms with Gasteiger partial charge in [0.1, 0.15) is 17.2 Å². The molecule has 45 heavy (non-hydrogen) atoms. The first-order valence-corrected chi connectivity index (χ1v) is 16.1. The zero-order valence-electron chi connectivity index (χ0n) is 25.8. The lowest BCUT2D eigenvalue weighted by Crippen LogP contribution is -2.54. The third-order valence-corrected chi connectivity index (χ3v) is 8.97. The normalized spacial score (nSPS) is 16.8. The molecule has 1 unspecified atom stereocenters. The van der Waals surface area contributed by atoms with Gasteiger partial charge in [0.2, 0.25) is 5.91 Å². The highest BCUT2D eigenvalue weighted by molar-refractivity contribution is 7.99. The number of para-hydroxylation sites is 1. The van der Waals surface area contributed by atoms with E-state index in [0.717, 1.165) is 46.1 Å². The summed E-state index contributed by atoms with van der Waals surface area (Å²) in [7, 11) is 3.32. The van der Waals surface area contributed by atoms with Crippen LogP contribution in [0.5, 0.6) is 17.2 Å². The minimum Gasteiger partial charge on any atom is -0.496 e. The number of hydrogen-bond acceptors (Lipinski definition) is 9. The molecular weight excluding hydrogens is 594 g/mol. The summed E-state index contributed by atoms with van der Waals surface area (Å²) in [6.07, 6.45) is 1.48. The van der Waals surface area contributed by atoms with Gasteiger partial charge in [0.05, 0.1) is 50.5 Å². The SMILES string of the molecule is COCCCN1C(=O)COc2ccc(SC(c3ccc(OCCCOCc4ccccc4OC)cc3)[C@H]3CNCC(=O)N3)cc21. The number of anilines is 1. The van der Waals surface area contributed by atoms with E-state index in [1.54, 1.807) is 30.9 Å². The molecule has 2 N–H and O–H groups in total. The number of ether oxygens (including phenoxy) is 5. The molecule has 0 aliphatic carbocycles. The van der Waals surface area contributed by atoms with E-state index in [9.17, 15) is 9.59 Å². The van der Waals surface area contributed by atoms with Gasteiger partial charge in [-0.3, -0.25) is 9.59 Å². The average Bonchev–Trinajstić information content (AvgIpc) is 3.07. The predicted molar refractivity (Wildman–Crippen MR) is 173 cm³/mol. The number of methoxy groups -OCH3 is 2. The molecule has 1 saturated heterocycles. The number of thioether (sulfide) groups is 1. The van der Waals surface area contributed by atoms with Crippen molar-refractivity contribution < 1.29 is 33.3 Å². The van der Waals surface area contributed by atoms with Gasteiger partial charge in [-0.15, -0.1) is 11.8 Å². The van der Waals surface area contributed by atoms with Gasteiger partial charge >= 0.3 is 0 Å². The van der Waals surface area contributed by atoms with E-state index >= 15 is 0 Å². The van der Waals surface area contributed by atoms with Gasteiger partial charge in [0.25, 0.3) is 5.91 Å². The van der Waals surface area contributed by atoms with Crippen LogP contribution in [0.2, 0.25) is 0 Å². The van der Waals surface area contributed by atoms with E-state index in [0.29, 0.717) is 51.8 Å². The standard InChI is InChI=1S/C34H41N3O7S/c1-40-16-5-15-37-29-19-27(13-14-31(29)44-23-33(37)39)45-34(28-20-35-21-32(38)36-28)24-9-11-26(12-10-24)43-18-6-17-42-22-25-7-3-4-8-30(25)41-2/h3-4,7-14,19,28,34-35H,5-6,15-18,20-23H2,1-2H3,(H,36,38)/t28-,34?/m1/s1. The number of carbonyl (C=O) groups excluding carboxylic acids is 2. The highest BCUT2D eigenvalue weighted by atomic mass is 32.2. The quantitative estimate of drug-likeness (QED) is 0.175. The second-order valence-electron chi connectivity index (χ2n) is 10.8. The first-order chi connectivity index (χ1) is 22.1. The summed E-state index contributed by atoms with van der Waals surface area (Å²) in [4.78, 5) is 27.8. The Morgan fingerprint density at radius 1 is 1.00 bits per heavy atom. The highest BCUT2D eigenvalue weighted by Crippen LogP contribution is 2.43. The number of nitrogens with one attached hydrogen (secondary N) is 2. The van der Waals surface area contributed by atoms with E-state index in [1.165, 1.54) is 0 Å². The molecule has 3 aromatic carbocycles. The number of rotatable bonds is 16. The summed E-state index contributed by atoms with van der Waals surface area (Å²) in [5, 5.41) is 6.30. The first-order valence-electron chi connectivity index (χ1n) is 15.2. The van der Waals surface area contributed by atoms with Crippen molar-refractivity contribution in [1.29, 1.82) is 0 Å². The fraction of sp³-hybridized carbons (Fsp3) is 0.412. The minimum absolute atomic E-state index is 0.0270. The minimum atomic E-state index is -0.130. The summed E-state index contributed by atoms with van der Waals surface area (Å²) in [6.45, 7) is 3.70. The number of nitrogens with zero attached hydrogens (tertiary/aromatic N) is 1. The summed E-state index contributed by atoms with van der Waals surface area (Å²) in [6, 6.07) is 21.7. The molecular formula is C34H41N3O7S. The van der Waals surface area contributed by atoms with E-state index in [1.807, 2.05) is 66.7 Å². The molecule has 0 radical (unpaired) electrons. The molecule has 5 rings (SSSR count). The van der Waals surface area contributed by atoms with E-state index in [-0.39, 0.29) is 29.7 Å². The highest BCUT2D eigenvalue weighted by Gasteiger charge is 2.30. The lowest BCUT2D eigenvalue weighted by molar-refractivity contribution is -0.122. The lowest BCUT2D eigenvalue weighted by Gasteiger charge is -2.33. The molecule has 0 spiro atoms. The van der Waals surface area contributed by atoms with Gasteiger partial charge in [-0.2, -0.15) is 0 Å². The third-order valence-electron chi connectivity index (χ3n) is 7.59. The van der Waals surface area contributed by atoms with Crippen LogP contribution in [0.1, 0.15) is 29.2 Å². The van der Waals surface area contributed by atoms with Crippen LogP contribution in [0.3, 0.4) is 0 Å². The molecule has 10 nitrogen and oxygen atoms in total. The fourth-order valence-corrected chi connectivity index (χ4v) is 6.58. The van der Waals surface area contributed by atoms with Gasteiger partial charge in [-0.1, -0.05) is 30.3 Å². The zero-order valence-corrected chi connectivity index (χ0v) is 26.6. The number of carbonyl (C=O) groups is 2. The molecule has 2 aliphatic rings. The van der Waals surface area contributed by atoms with Gasteiger partial charge < -0.3 is 39.2 Å². The van der Waals surface area contributed by atoms with Crippen LogP contribution in [0.25, 0.3) is 0 Å². The second kappa shape index (κ2) is 16.5. The Bertz CT molecular complexity index is 1420. The maximum atomic E-state index is 12.7. The monoisotopic (exact) mass is 635 g/mol. The van der Waals surface area contributed by atoms with Gasteiger partial charge in [-0.05, 0) is 48.4 Å². The topological polar surface area (TPSA) is 108 Å². The van der Waals surface area contributed by atoms with Crippen LogP contribution < -0.4 is 29.7 Å². The van der Waals surface area contributed by atoms with Crippen LogP contribution in [0.4, 0.5) is 5.69 Å². The molecule has 1 fully saturated rings. The number of amides is 2. The maximum absolute atomic E-state index is 12.7. The number of fused-ring (bicyclic) bond motifs is 1. The van der Waals surface area contributed by atoms with Crippen molar-refractivity contribution in [2.45, 2.75) is 35.6 Å². The summed E-state index contributed by atoms with van der Waals surface area (Å²) < 4.78 is 28.1. The zero-order chi connectivity index (χ0) is 31.4. The van der Waals surface area contributed by atoms with Gasteiger partial charge in [0.15, 0.2) is 6.61 Å². The number of piperazine rings is 1. The third kappa shape index (κ3) is 8.91. The Hall–Kier alpha value is -3.77. The Labute approximate surface area is 268 Å². The van der Waals surface area contributed by atoms with Crippen LogP contribution in [0, 0.1) is 0 Å². The Morgan fingerprint density at radius 3 is 2.64 bits per heavy atom. The summed E-state index contributed by atoms with van der Waals surface area (Å²) in [5.41, 5.74) is 2.83. The average molecular weight is 636 g/mol. The van der Waals surface area contributed by atoms with Crippen molar-refractivity contribution in [1.82, 2.24) is 10.6 Å². The molecule has 3 aromatic rings. The molecule has 0 aromatic heterocycles. The van der Waals surface area contributed by atoms with E-state index < -0.39 is 0 Å². The molecule has 2 amide bonds. The maximum Gasteiger partial charge on any atom is 0.265 e. The summed E-state index contributed by atoms with van der Waals surface area (Å²) >= 11 is 1.65. The van der Waals surface area contributed by atoms with Crippen molar-refractivity contribution in [3.05, 3.63) is 77.9 Å². The molecule has 2 atom stereocenters.